The fourth-order valence-electron chi connectivity index (χ4n) is 4.27. The van der Waals surface area contributed by atoms with Crippen molar-refractivity contribution in [2.24, 2.45) is 0 Å². The first kappa shape index (κ1) is 30.6. The summed E-state index contributed by atoms with van der Waals surface area (Å²) in [4.78, 5) is 29.0. The van der Waals surface area contributed by atoms with Gasteiger partial charge in [0.05, 0.1) is 19.1 Å². The van der Waals surface area contributed by atoms with Gasteiger partial charge in [-0.1, -0.05) is 61.9 Å². The topological polar surface area (TPSA) is 96.0 Å². The summed E-state index contributed by atoms with van der Waals surface area (Å²) in [5.41, 5.74) is 1.56. The van der Waals surface area contributed by atoms with Gasteiger partial charge in [-0.3, -0.25) is 13.9 Å². The Morgan fingerprint density at radius 3 is 2.33 bits per heavy atom. The number of rotatable bonds is 14. The highest BCUT2D eigenvalue weighted by molar-refractivity contribution is 7.92. The number of hydrogen-bond acceptors (Lipinski definition) is 5. The second-order valence-corrected chi connectivity index (χ2v) is 11.4. The van der Waals surface area contributed by atoms with Crippen molar-refractivity contribution in [2.75, 3.05) is 30.8 Å². The summed E-state index contributed by atoms with van der Waals surface area (Å²) >= 11 is 0. The normalized spacial score (nSPS) is 11.9. The van der Waals surface area contributed by atoms with E-state index in [0.29, 0.717) is 17.9 Å². The van der Waals surface area contributed by atoms with E-state index in [-0.39, 0.29) is 24.6 Å². The van der Waals surface area contributed by atoms with Crippen LogP contribution in [0.15, 0.2) is 78.9 Å². The molecule has 0 saturated carbocycles. The minimum absolute atomic E-state index is 0.0178. The third kappa shape index (κ3) is 8.81. The number of amides is 2. The van der Waals surface area contributed by atoms with E-state index in [9.17, 15) is 22.4 Å². The van der Waals surface area contributed by atoms with E-state index in [1.54, 1.807) is 24.3 Å². The highest BCUT2D eigenvalue weighted by Crippen LogP contribution is 2.22. The smallest absolute Gasteiger partial charge is 0.244 e. The van der Waals surface area contributed by atoms with Crippen LogP contribution >= 0.6 is 0 Å². The van der Waals surface area contributed by atoms with Crippen molar-refractivity contribution < 1.29 is 27.1 Å². The average molecular weight is 570 g/mol. The van der Waals surface area contributed by atoms with Crippen LogP contribution < -0.4 is 14.4 Å². The maximum Gasteiger partial charge on any atom is 0.244 e. The lowest BCUT2D eigenvalue weighted by atomic mass is 10.0. The number of anilines is 1. The van der Waals surface area contributed by atoms with Crippen molar-refractivity contribution in [3.05, 3.63) is 95.8 Å². The Bertz CT molecular complexity index is 1380. The van der Waals surface area contributed by atoms with Gasteiger partial charge in [0.25, 0.3) is 0 Å². The zero-order valence-corrected chi connectivity index (χ0v) is 23.9. The Morgan fingerprint density at radius 2 is 1.68 bits per heavy atom. The fourth-order valence-corrected chi connectivity index (χ4v) is 5.11. The second-order valence-electron chi connectivity index (χ2n) is 9.47. The zero-order chi connectivity index (χ0) is 29.1. The standard InChI is InChI=1S/C30H36FN3O5S/c1-4-5-17-32-30(36)28(19-23-11-7-6-8-12-23)33(21-24-13-9-16-27(18-24)39-2)29(35)22-34(40(3,37)38)26-15-10-14-25(31)20-26/h6-16,18,20,28H,4-5,17,19,21-22H2,1-3H3,(H,32,36). The SMILES string of the molecule is CCCCNC(=O)C(Cc1ccccc1)N(Cc1cccc(OC)c1)C(=O)CN(c1cccc(F)c1)S(C)(=O)=O. The Hall–Kier alpha value is -3.92. The van der Waals surface area contributed by atoms with Crippen LogP contribution in [0.3, 0.4) is 0 Å². The summed E-state index contributed by atoms with van der Waals surface area (Å²) in [6.45, 7) is 1.87. The van der Waals surface area contributed by atoms with Crippen molar-refractivity contribution in [2.45, 2.75) is 38.8 Å². The van der Waals surface area contributed by atoms with Crippen LogP contribution in [-0.2, 0) is 32.6 Å². The summed E-state index contributed by atoms with van der Waals surface area (Å²) in [6.07, 6.45) is 2.83. The molecule has 3 aromatic carbocycles. The molecule has 0 fully saturated rings. The van der Waals surface area contributed by atoms with E-state index < -0.39 is 34.3 Å². The van der Waals surface area contributed by atoms with Crippen LogP contribution in [0.25, 0.3) is 0 Å². The summed E-state index contributed by atoms with van der Waals surface area (Å²) in [5.74, 6) is -1.01. The quantitative estimate of drug-likeness (QED) is 0.294. The summed E-state index contributed by atoms with van der Waals surface area (Å²) in [7, 11) is -2.44. The molecule has 1 unspecified atom stereocenters. The summed E-state index contributed by atoms with van der Waals surface area (Å²) < 4.78 is 45.7. The van der Waals surface area contributed by atoms with Gasteiger partial charge in [0, 0.05) is 19.5 Å². The van der Waals surface area contributed by atoms with Gasteiger partial charge in [0.15, 0.2) is 0 Å². The van der Waals surface area contributed by atoms with Gasteiger partial charge in [-0.05, 0) is 47.9 Å². The van der Waals surface area contributed by atoms with Crippen LogP contribution in [0.2, 0.25) is 0 Å². The molecule has 0 heterocycles. The molecule has 0 saturated heterocycles. The van der Waals surface area contributed by atoms with E-state index in [1.807, 2.05) is 37.3 Å². The number of halogens is 1. The lowest BCUT2D eigenvalue weighted by molar-refractivity contribution is -0.140. The molecule has 0 spiro atoms. The van der Waals surface area contributed by atoms with Crippen LogP contribution in [-0.4, -0.2) is 57.6 Å². The largest absolute Gasteiger partial charge is 0.497 e. The number of carbonyl (C=O) groups excluding carboxylic acids is 2. The number of ether oxygens (including phenoxy) is 1. The minimum atomic E-state index is -3.97. The third-order valence-corrected chi connectivity index (χ3v) is 7.50. The fraction of sp³-hybridized carbons (Fsp3) is 0.333. The summed E-state index contributed by atoms with van der Waals surface area (Å²) in [5, 5.41) is 2.93. The average Bonchev–Trinajstić information content (AvgIpc) is 2.93. The molecule has 214 valence electrons. The number of nitrogens with zero attached hydrogens (tertiary/aromatic N) is 2. The van der Waals surface area contributed by atoms with E-state index in [2.05, 4.69) is 5.32 Å². The van der Waals surface area contributed by atoms with Crippen LogP contribution in [0, 0.1) is 5.82 Å². The van der Waals surface area contributed by atoms with Gasteiger partial charge in [-0.2, -0.15) is 0 Å². The molecule has 1 N–H and O–H groups in total. The van der Waals surface area contributed by atoms with E-state index in [0.717, 1.165) is 35.0 Å². The highest BCUT2D eigenvalue weighted by Gasteiger charge is 2.33. The van der Waals surface area contributed by atoms with Gasteiger partial charge >= 0.3 is 0 Å². The Morgan fingerprint density at radius 1 is 0.975 bits per heavy atom. The molecule has 0 bridgehead atoms. The lowest BCUT2D eigenvalue weighted by Gasteiger charge is -2.33. The molecule has 3 rings (SSSR count). The molecule has 0 aliphatic carbocycles. The van der Waals surface area contributed by atoms with Gasteiger partial charge in [-0.25, -0.2) is 12.8 Å². The molecule has 2 amide bonds. The summed E-state index contributed by atoms with van der Waals surface area (Å²) in [6, 6.07) is 20.5. The molecule has 0 aromatic heterocycles. The predicted molar refractivity (Wildman–Crippen MR) is 154 cm³/mol. The predicted octanol–water partition coefficient (Wildman–Crippen LogP) is 4.16. The maximum atomic E-state index is 14.0. The zero-order valence-electron chi connectivity index (χ0n) is 23.0. The molecule has 10 heteroatoms. The molecule has 3 aromatic rings. The first-order valence-electron chi connectivity index (χ1n) is 13.1. The molecular formula is C30H36FN3O5S. The van der Waals surface area contributed by atoms with Gasteiger partial charge < -0.3 is 15.0 Å². The Balaban J connectivity index is 2.04. The van der Waals surface area contributed by atoms with E-state index >= 15 is 0 Å². The maximum absolute atomic E-state index is 14.0. The number of benzene rings is 3. The van der Waals surface area contributed by atoms with Crippen molar-refractivity contribution in [3.63, 3.8) is 0 Å². The molecule has 8 nitrogen and oxygen atoms in total. The van der Waals surface area contributed by atoms with Gasteiger partial charge in [0.1, 0.15) is 24.2 Å². The van der Waals surface area contributed by atoms with Crippen LogP contribution in [0.4, 0.5) is 10.1 Å². The number of hydrogen-bond donors (Lipinski definition) is 1. The van der Waals surface area contributed by atoms with Gasteiger partial charge in [-0.15, -0.1) is 0 Å². The number of sulfonamides is 1. The minimum Gasteiger partial charge on any atom is -0.497 e. The molecule has 0 radical (unpaired) electrons. The van der Waals surface area contributed by atoms with Crippen molar-refractivity contribution >= 4 is 27.5 Å². The van der Waals surface area contributed by atoms with E-state index in [4.69, 9.17) is 4.74 Å². The molecule has 0 aliphatic heterocycles. The van der Waals surface area contributed by atoms with Crippen molar-refractivity contribution in [3.8, 4) is 5.75 Å². The van der Waals surface area contributed by atoms with Gasteiger partial charge in [0.2, 0.25) is 21.8 Å². The molecule has 1 atom stereocenters. The Kier molecular flexibility index (Phi) is 11.1. The number of methoxy groups -OCH3 is 1. The molecule has 40 heavy (non-hydrogen) atoms. The number of nitrogens with one attached hydrogen (secondary N) is 1. The number of unbranched alkanes of at least 4 members (excludes halogenated alkanes) is 1. The lowest BCUT2D eigenvalue weighted by Crippen LogP contribution is -2.53. The highest BCUT2D eigenvalue weighted by atomic mass is 32.2. The second kappa shape index (κ2) is 14.5. The monoisotopic (exact) mass is 569 g/mol. The first-order chi connectivity index (χ1) is 19.1. The van der Waals surface area contributed by atoms with Crippen LogP contribution in [0.1, 0.15) is 30.9 Å². The first-order valence-corrected chi connectivity index (χ1v) is 14.9. The third-order valence-electron chi connectivity index (χ3n) is 6.36. The van der Waals surface area contributed by atoms with Crippen LogP contribution in [0.5, 0.6) is 5.75 Å². The number of carbonyl (C=O) groups is 2. The Labute approximate surface area is 235 Å². The molecule has 0 aliphatic rings. The van der Waals surface area contributed by atoms with E-state index in [1.165, 1.54) is 30.2 Å². The van der Waals surface area contributed by atoms with Crippen molar-refractivity contribution in [1.29, 1.82) is 0 Å². The molecular weight excluding hydrogens is 533 g/mol. The van der Waals surface area contributed by atoms with Crippen molar-refractivity contribution in [1.82, 2.24) is 10.2 Å².